The molecule has 2 fully saturated rings. The Morgan fingerprint density at radius 2 is 2.00 bits per heavy atom. The van der Waals surface area contributed by atoms with Crippen molar-refractivity contribution in [1.29, 1.82) is 0 Å². The quantitative estimate of drug-likeness (QED) is 0.819. The van der Waals surface area contributed by atoms with E-state index in [2.05, 4.69) is 11.8 Å². The fourth-order valence-electron chi connectivity index (χ4n) is 4.19. The van der Waals surface area contributed by atoms with E-state index in [-0.39, 0.29) is 6.10 Å². The molecule has 0 aliphatic heterocycles. The van der Waals surface area contributed by atoms with Crippen LogP contribution in [-0.2, 0) is 4.74 Å². The molecule has 2 rings (SSSR count). The summed E-state index contributed by atoms with van der Waals surface area (Å²) in [5.74, 6) is 0. The third-order valence-corrected chi connectivity index (χ3v) is 5.21. The molecular formula is C15H29NO2. The Morgan fingerprint density at radius 1 is 1.28 bits per heavy atom. The van der Waals surface area contributed by atoms with E-state index in [1.807, 2.05) is 0 Å². The number of hydrogen-bond acceptors (Lipinski definition) is 3. The van der Waals surface area contributed by atoms with Gasteiger partial charge in [0.2, 0.25) is 0 Å². The smallest absolute Gasteiger partial charge is 0.0589 e. The minimum atomic E-state index is -0.0854. The molecular weight excluding hydrogens is 226 g/mol. The van der Waals surface area contributed by atoms with Gasteiger partial charge in [0, 0.05) is 19.7 Å². The second-order valence-electron chi connectivity index (χ2n) is 6.13. The normalized spacial score (nSPS) is 31.3. The fourth-order valence-corrected chi connectivity index (χ4v) is 4.19. The minimum Gasteiger partial charge on any atom is -0.393 e. The van der Waals surface area contributed by atoms with E-state index in [4.69, 9.17) is 4.74 Å². The summed E-state index contributed by atoms with van der Waals surface area (Å²) in [5.41, 5.74) is 0.503. The van der Waals surface area contributed by atoms with Gasteiger partial charge >= 0.3 is 0 Å². The van der Waals surface area contributed by atoms with E-state index in [0.717, 1.165) is 32.5 Å². The number of rotatable bonds is 5. The average Bonchev–Trinajstić information content (AvgIpc) is 2.84. The molecule has 106 valence electrons. The molecule has 2 atom stereocenters. The average molecular weight is 255 g/mol. The highest BCUT2D eigenvalue weighted by atomic mass is 16.5. The van der Waals surface area contributed by atoms with Gasteiger partial charge in [-0.1, -0.05) is 19.8 Å². The van der Waals surface area contributed by atoms with Gasteiger partial charge in [-0.25, -0.2) is 0 Å². The molecule has 2 aliphatic rings. The summed E-state index contributed by atoms with van der Waals surface area (Å²) in [4.78, 5) is 2.55. The van der Waals surface area contributed by atoms with E-state index in [1.165, 1.54) is 32.1 Å². The van der Waals surface area contributed by atoms with Crippen LogP contribution in [0.2, 0.25) is 0 Å². The lowest BCUT2D eigenvalue weighted by Gasteiger charge is -2.48. The van der Waals surface area contributed by atoms with Gasteiger partial charge in [0.15, 0.2) is 0 Å². The van der Waals surface area contributed by atoms with E-state index >= 15 is 0 Å². The monoisotopic (exact) mass is 255 g/mol. The van der Waals surface area contributed by atoms with Gasteiger partial charge in [0.25, 0.3) is 0 Å². The van der Waals surface area contributed by atoms with Crippen LogP contribution in [0, 0.1) is 5.41 Å². The maximum absolute atomic E-state index is 10.0. The van der Waals surface area contributed by atoms with Crippen LogP contribution in [-0.4, -0.2) is 49.0 Å². The van der Waals surface area contributed by atoms with Gasteiger partial charge < -0.3 is 9.84 Å². The Labute approximate surface area is 112 Å². The fraction of sp³-hybridized carbons (Fsp3) is 1.00. The molecule has 0 aromatic heterocycles. The lowest BCUT2D eigenvalue weighted by atomic mass is 9.67. The second-order valence-corrected chi connectivity index (χ2v) is 6.13. The number of ether oxygens (including phenoxy) is 1. The largest absolute Gasteiger partial charge is 0.393 e. The van der Waals surface area contributed by atoms with Crippen LogP contribution in [0.3, 0.4) is 0 Å². The Morgan fingerprint density at radius 3 is 2.61 bits per heavy atom. The van der Waals surface area contributed by atoms with Crippen LogP contribution < -0.4 is 0 Å². The summed E-state index contributed by atoms with van der Waals surface area (Å²) in [6.45, 7) is 5.12. The molecule has 3 nitrogen and oxygen atoms in total. The molecule has 0 saturated heterocycles. The van der Waals surface area contributed by atoms with Crippen molar-refractivity contribution in [2.45, 2.75) is 64.0 Å². The van der Waals surface area contributed by atoms with Crippen molar-refractivity contribution in [1.82, 2.24) is 4.90 Å². The third kappa shape index (κ3) is 2.89. The van der Waals surface area contributed by atoms with Crippen LogP contribution in [0.1, 0.15) is 51.9 Å². The molecule has 2 unspecified atom stereocenters. The summed E-state index contributed by atoms with van der Waals surface area (Å²) in [7, 11) is 1.77. The molecule has 0 radical (unpaired) electrons. The number of hydrogen-bond donors (Lipinski definition) is 1. The van der Waals surface area contributed by atoms with E-state index in [1.54, 1.807) is 7.11 Å². The van der Waals surface area contributed by atoms with Crippen molar-refractivity contribution in [3.63, 3.8) is 0 Å². The second kappa shape index (κ2) is 6.36. The summed E-state index contributed by atoms with van der Waals surface area (Å²) >= 11 is 0. The first-order valence-electron chi connectivity index (χ1n) is 7.63. The van der Waals surface area contributed by atoms with Crippen molar-refractivity contribution in [3.05, 3.63) is 0 Å². The highest BCUT2D eigenvalue weighted by Crippen LogP contribution is 2.50. The molecule has 0 bridgehead atoms. The SMILES string of the molecule is CCN(CCOC)C1CC(O)CCC12CCCC2. The molecule has 0 amide bonds. The van der Waals surface area contributed by atoms with Crippen molar-refractivity contribution in [3.8, 4) is 0 Å². The Balaban J connectivity index is 2.08. The maximum Gasteiger partial charge on any atom is 0.0589 e. The molecule has 2 saturated carbocycles. The van der Waals surface area contributed by atoms with Gasteiger partial charge in [0.1, 0.15) is 0 Å². The number of aliphatic hydroxyl groups is 1. The van der Waals surface area contributed by atoms with Crippen LogP contribution >= 0.6 is 0 Å². The lowest BCUT2D eigenvalue weighted by molar-refractivity contribution is -0.0312. The standard InChI is InChI=1S/C15H29NO2/c1-3-16(10-11-18-2)14-12-13(17)6-9-15(14)7-4-5-8-15/h13-14,17H,3-12H2,1-2H3. The van der Waals surface area contributed by atoms with Crippen molar-refractivity contribution in [2.24, 2.45) is 5.41 Å². The third-order valence-electron chi connectivity index (χ3n) is 5.21. The van der Waals surface area contributed by atoms with E-state index in [0.29, 0.717) is 11.5 Å². The van der Waals surface area contributed by atoms with Gasteiger partial charge in [0.05, 0.1) is 12.7 Å². The van der Waals surface area contributed by atoms with Gasteiger partial charge in [-0.15, -0.1) is 0 Å². The zero-order valence-corrected chi connectivity index (χ0v) is 12.0. The van der Waals surface area contributed by atoms with E-state index in [9.17, 15) is 5.11 Å². The van der Waals surface area contributed by atoms with Crippen molar-refractivity contribution in [2.75, 3.05) is 26.8 Å². The van der Waals surface area contributed by atoms with Gasteiger partial charge in [-0.2, -0.15) is 0 Å². The van der Waals surface area contributed by atoms with Crippen LogP contribution in [0.5, 0.6) is 0 Å². The Kier molecular flexibility index (Phi) is 5.05. The molecule has 2 aliphatic carbocycles. The van der Waals surface area contributed by atoms with Gasteiger partial charge in [-0.05, 0) is 44.1 Å². The topological polar surface area (TPSA) is 32.7 Å². The zero-order valence-electron chi connectivity index (χ0n) is 12.0. The first-order valence-corrected chi connectivity index (χ1v) is 7.63. The van der Waals surface area contributed by atoms with Crippen molar-refractivity contribution >= 4 is 0 Å². The molecule has 1 spiro atoms. The molecule has 0 aromatic carbocycles. The van der Waals surface area contributed by atoms with Crippen LogP contribution in [0.4, 0.5) is 0 Å². The highest BCUT2D eigenvalue weighted by Gasteiger charge is 2.46. The number of methoxy groups -OCH3 is 1. The molecule has 0 aromatic rings. The molecule has 1 N–H and O–H groups in total. The summed E-state index contributed by atoms with van der Waals surface area (Å²) in [6.07, 6.45) is 8.63. The predicted molar refractivity (Wildman–Crippen MR) is 73.7 cm³/mol. The Bertz CT molecular complexity index is 251. The molecule has 0 heterocycles. The first-order chi connectivity index (χ1) is 8.72. The lowest BCUT2D eigenvalue weighted by Crippen LogP contribution is -2.52. The highest BCUT2D eigenvalue weighted by molar-refractivity contribution is 5.00. The zero-order chi connectivity index (χ0) is 13.0. The summed E-state index contributed by atoms with van der Waals surface area (Å²) in [6, 6.07) is 0.573. The number of aliphatic hydroxyl groups excluding tert-OH is 1. The number of likely N-dealkylation sites (N-methyl/N-ethyl adjacent to an activating group) is 1. The van der Waals surface area contributed by atoms with Crippen molar-refractivity contribution < 1.29 is 9.84 Å². The van der Waals surface area contributed by atoms with Crippen LogP contribution in [0.25, 0.3) is 0 Å². The molecule has 18 heavy (non-hydrogen) atoms. The first kappa shape index (κ1) is 14.3. The summed E-state index contributed by atoms with van der Waals surface area (Å²) < 4.78 is 5.24. The summed E-state index contributed by atoms with van der Waals surface area (Å²) in [5, 5.41) is 10.0. The predicted octanol–water partition coefficient (Wildman–Crippen LogP) is 2.43. The number of nitrogens with zero attached hydrogens (tertiary/aromatic N) is 1. The van der Waals surface area contributed by atoms with E-state index < -0.39 is 0 Å². The minimum absolute atomic E-state index is 0.0854. The maximum atomic E-state index is 10.0. The molecule has 3 heteroatoms. The Hall–Kier alpha value is -0.120. The van der Waals surface area contributed by atoms with Crippen LogP contribution in [0.15, 0.2) is 0 Å². The van der Waals surface area contributed by atoms with Gasteiger partial charge in [-0.3, -0.25) is 4.90 Å².